The summed E-state index contributed by atoms with van der Waals surface area (Å²) in [5.41, 5.74) is 0.837. The van der Waals surface area contributed by atoms with Gasteiger partial charge in [0.1, 0.15) is 0 Å². The Bertz CT molecular complexity index is 753. The minimum absolute atomic E-state index is 0.0493. The van der Waals surface area contributed by atoms with Gasteiger partial charge in [-0.05, 0) is 26.0 Å². The van der Waals surface area contributed by atoms with Crippen LogP contribution in [-0.4, -0.2) is 65.9 Å². The Morgan fingerprint density at radius 3 is 2.59 bits per heavy atom. The average Bonchev–Trinajstić information content (AvgIpc) is 2.78. The van der Waals surface area contributed by atoms with E-state index in [1.54, 1.807) is 20.3 Å². The number of carbonyl (C=O) groups excluding carboxylic acids is 1. The number of rotatable bonds is 7. The van der Waals surface area contributed by atoms with Gasteiger partial charge in [-0.2, -0.15) is 0 Å². The summed E-state index contributed by atoms with van der Waals surface area (Å²) in [6.07, 6.45) is 2.40. The van der Waals surface area contributed by atoms with Crippen molar-refractivity contribution >= 4 is 15.9 Å². The van der Waals surface area contributed by atoms with Gasteiger partial charge < -0.3 is 19.7 Å². The first-order valence-electron chi connectivity index (χ1n) is 8.87. The molecule has 2 rings (SSSR count). The number of carbonyl (C=O) groups is 1. The van der Waals surface area contributed by atoms with Crippen molar-refractivity contribution in [3.63, 3.8) is 0 Å². The normalized spacial score (nSPS) is 21.3. The number of sulfonamides is 1. The van der Waals surface area contributed by atoms with Crippen LogP contribution < -0.4 is 19.5 Å². The maximum Gasteiger partial charge on any atom is 0.224 e. The second-order valence-corrected chi connectivity index (χ2v) is 8.73. The van der Waals surface area contributed by atoms with E-state index in [0.717, 1.165) is 11.8 Å². The molecule has 1 aromatic rings. The molecule has 0 radical (unpaired) electrons. The van der Waals surface area contributed by atoms with Crippen molar-refractivity contribution in [2.24, 2.45) is 5.92 Å². The molecule has 152 valence electrons. The van der Waals surface area contributed by atoms with Crippen LogP contribution in [0.2, 0.25) is 0 Å². The van der Waals surface area contributed by atoms with Crippen LogP contribution in [0.4, 0.5) is 0 Å². The third-order valence-electron chi connectivity index (χ3n) is 4.62. The van der Waals surface area contributed by atoms with Gasteiger partial charge in [0.25, 0.3) is 0 Å². The van der Waals surface area contributed by atoms with Gasteiger partial charge in [-0.25, -0.2) is 13.1 Å². The van der Waals surface area contributed by atoms with E-state index in [4.69, 9.17) is 9.47 Å². The summed E-state index contributed by atoms with van der Waals surface area (Å²) in [5, 5.41) is 2.97. The van der Waals surface area contributed by atoms with Gasteiger partial charge in [0.2, 0.25) is 15.9 Å². The number of likely N-dealkylation sites (N-methyl/N-ethyl adjacent to an activating group) is 1. The van der Waals surface area contributed by atoms with E-state index in [-0.39, 0.29) is 17.9 Å². The maximum atomic E-state index is 12.7. The highest BCUT2D eigenvalue weighted by atomic mass is 32.2. The van der Waals surface area contributed by atoms with Crippen molar-refractivity contribution in [2.75, 3.05) is 40.6 Å². The zero-order valence-corrected chi connectivity index (χ0v) is 17.1. The van der Waals surface area contributed by atoms with Gasteiger partial charge in [0.15, 0.2) is 11.5 Å². The van der Waals surface area contributed by atoms with E-state index in [9.17, 15) is 13.2 Å². The van der Waals surface area contributed by atoms with Crippen molar-refractivity contribution in [1.82, 2.24) is 14.9 Å². The second-order valence-electron chi connectivity index (χ2n) is 6.95. The summed E-state index contributed by atoms with van der Waals surface area (Å²) < 4.78 is 36.3. The number of methoxy groups -OCH3 is 2. The lowest BCUT2D eigenvalue weighted by Crippen LogP contribution is -2.41. The van der Waals surface area contributed by atoms with Crippen LogP contribution in [0, 0.1) is 5.92 Å². The standard InChI is InChI=1S/C18H29N3O5S/c1-21-11-14(8-9-15(12-21)20-27(4,23)24)18(22)19-10-13-6-5-7-16(25-2)17(13)26-3/h5-7,14-15,20H,8-12H2,1-4H3,(H,19,22)/t14-,15+/m1/s1. The van der Waals surface area contributed by atoms with Gasteiger partial charge in [-0.15, -0.1) is 0 Å². The molecule has 1 saturated heterocycles. The highest BCUT2D eigenvalue weighted by Gasteiger charge is 2.28. The average molecular weight is 400 g/mol. The molecule has 0 aliphatic carbocycles. The van der Waals surface area contributed by atoms with Crippen LogP contribution in [0.3, 0.4) is 0 Å². The zero-order chi connectivity index (χ0) is 20.0. The summed E-state index contributed by atoms with van der Waals surface area (Å²) in [6.45, 7) is 1.51. The topological polar surface area (TPSA) is 97.0 Å². The molecule has 8 nitrogen and oxygen atoms in total. The van der Waals surface area contributed by atoms with E-state index in [0.29, 0.717) is 44.0 Å². The number of hydrogen-bond donors (Lipinski definition) is 2. The predicted molar refractivity (Wildman–Crippen MR) is 103 cm³/mol. The number of para-hydroxylation sites is 1. The molecule has 1 fully saturated rings. The van der Waals surface area contributed by atoms with E-state index in [1.165, 1.54) is 0 Å². The SMILES string of the molecule is COc1cccc(CNC(=O)[C@@H]2CC[C@H](NS(C)(=O)=O)CN(C)C2)c1OC. The Morgan fingerprint density at radius 1 is 1.22 bits per heavy atom. The fourth-order valence-electron chi connectivity index (χ4n) is 3.44. The van der Waals surface area contributed by atoms with Gasteiger partial charge in [0.05, 0.1) is 26.4 Å². The van der Waals surface area contributed by atoms with E-state index < -0.39 is 10.0 Å². The molecular formula is C18H29N3O5S. The molecule has 9 heteroatoms. The number of nitrogens with zero attached hydrogens (tertiary/aromatic N) is 1. The number of ether oxygens (including phenoxy) is 2. The Kier molecular flexibility index (Phi) is 7.46. The molecule has 2 N–H and O–H groups in total. The van der Waals surface area contributed by atoms with Gasteiger partial charge >= 0.3 is 0 Å². The van der Waals surface area contributed by atoms with Crippen molar-refractivity contribution in [3.8, 4) is 11.5 Å². The number of likely N-dealkylation sites (tertiary alicyclic amines) is 1. The van der Waals surface area contributed by atoms with E-state index in [1.807, 2.05) is 24.1 Å². The first-order chi connectivity index (χ1) is 12.7. The van der Waals surface area contributed by atoms with Gasteiger partial charge in [0, 0.05) is 31.2 Å². The zero-order valence-electron chi connectivity index (χ0n) is 16.3. The summed E-state index contributed by atoms with van der Waals surface area (Å²) in [7, 11) is 1.77. The number of nitrogens with one attached hydrogen (secondary N) is 2. The molecule has 1 heterocycles. The third kappa shape index (κ3) is 6.37. The monoisotopic (exact) mass is 399 g/mol. The maximum absolute atomic E-state index is 12.7. The lowest BCUT2D eigenvalue weighted by Gasteiger charge is -2.21. The fourth-order valence-corrected chi connectivity index (χ4v) is 4.24. The first-order valence-corrected chi connectivity index (χ1v) is 10.8. The summed E-state index contributed by atoms with van der Waals surface area (Å²) in [4.78, 5) is 14.7. The Balaban J connectivity index is 1.98. The Hall–Kier alpha value is -1.84. The molecule has 2 atom stereocenters. The van der Waals surface area contributed by atoms with E-state index in [2.05, 4.69) is 10.0 Å². The van der Waals surface area contributed by atoms with Crippen LogP contribution in [0.1, 0.15) is 18.4 Å². The minimum atomic E-state index is -3.26. The van der Waals surface area contributed by atoms with Crippen LogP contribution in [0.25, 0.3) is 0 Å². The van der Waals surface area contributed by atoms with Gasteiger partial charge in [-0.1, -0.05) is 12.1 Å². The summed E-state index contributed by atoms with van der Waals surface area (Å²) >= 11 is 0. The van der Waals surface area contributed by atoms with Crippen molar-refractivity contribution < 1.29 is 22.7 Å². The molecule has 0 aromatic heterocycles. The van der Waals surface area contributed by atoms with Crippen molar-refractivity contribution in [3.05, 3.63) is 23.8 Å². The second kappa shape index (κ2) is 9.38. The number of benzene rings is 1. The molecule has 1 aliphatic rings. The van der Waals surface area contributed by atoms with Crippen molar-refractivity contribution in [1.29, 1.82) is 0 Å². The first kappa shape index (κ1) is 21.5. The molecule has 0 bridgehead atoms. The largest absolute Gasteiger partial charge is 0.493 e. The number of hydrogen-bond acceptors (Lipinski definition) is 6. The number of amides is 1. The molecule has 27 heavy (non-hydrogen) atoms. The highest BCUT2D eigenvalue weighted by Crippen LogP contribution is 2.30. The summed E-state index contributed by atoms with van der Waals surface area (Å²) in [5.74, 6) is 0.980. The summed E-state index contributed by atoms with van der Waals surface area (Å²) in [6, 6.07) is 5.36. The Morgan fingerprint density at radius 2 is 1.96 bits per heavy atom. The molecule has 0 spiro atoms. The molecular weight excluding hydrogens is 370 g/mol. The quantitative estimate of drug-likeness (QED) is 0.696. The lowest BCUT2D eigenvalue weighted by molar-refractivity contribution is -0.125. The van der Waals surface area contributed by atoms with Gasteiger partial charge in [-0.3, -0.25) is 4.79 Å². The fraction of sp³-hybridized carbons (Fsp3) is 0.611. The Labute approximate surface area is 161 Å². The van der Waals surface area contributed by atoms with Crippen LogP contribution >= 0.6 is 0 Å². The van der Waals surface area contributed by atoms with Crippen LogP contribution in [0.5, 0.6) is 11.5 Å². The molecule has 1 aliphatic heterocycles. The predicted octanol–water partition coefficient (Wildman–Crippen LogP) is 0.580. The smallest absolute Gasteiger partial charge is 0.224 e. The highest BCUT2D eigenvalue weighted by molar-refractivity contribution is 7.88. The molecule has 1 amide bonds. The third-order valence-corrected chi connectivity index (χ3v) is 5.38. The molecule has 0 saturated carbocycles. The minimum Gasteiger partial charge on any atom is -0.493 e. The lowest BCUT2D eigenvalue weighted by atomic mass is 10.0. The van der Waals surface area contributed by atoms with E-state index >= 15 is 0 Å². The molecule has 1 aromatic carbocycles. The van der Waals surface area contributed by atoms with Crippen LogP contribution in [-0.2, 0) is 21.4 Å². The van der Waals surface area contributed by atoms with Crippen LogP contribution in [0.15, 0.2) is 18.2 Å². The van der Waals surface area contributed by atoms with Crippen molar-refractivity contribution in [2.45, 2.75) is 25.4 Å². The molecule has 0 unspecified atom stereocenters.